The zero-order valence-corrected chi connectivity index (χ0v) is 10.3. The summed E-state index contributed by atoms with van der Waals surface area (Å²) in [5, 5.41) is 3.52. The number of aromatic nitrogens is 4. The van der Waals surface area contributed by atoms with E-state index in [-0.39, 0.29) is 5.82 Å². The summed E-state index contributed by atoms with van der Waals surface area (Å²) in [4.78, 5) is 7.75. The van der Waals surface area contributed by atoms with Crippen molar-refractivity contribution in [2.24, 2.45) is 0 Å². The van der Waals surface area contributed by atoms with Gasteiger partial charge in [-0.15, -0.1) is 0 Å². The van der Waals surface area contributed by atoms with Gasteiger partial charge in [-0.05, 0) is 28.1 Å². The quantitative estimate of drug-likeness (QED) is 0.729. The van der Waals surface area contributed by atoms with Crippen molar-refractivity contribution in [3.05, 3.63) is 34.9 Å². The number of fused-ring (bicyclic) bond motifs is 1. The molecule has 3 rings (SSSR count). The average molecular weight is 315 g/mol. The molecule has 0 amide bonds. The highest BCUT2D eigenvalue weighted by atomic mass is 79.9. The molecule has 8 heteroatoms. The fourth-order valence-electron chi connectivity index (χ4n) is 1.55. The maximum Gasteiger partial charge on any atom is 0.315 e. The zero-order valence-electron chi connectivity index (χ0n) is 8.72. The highest BCUT2D eigenvalue weighted by Crippen LogP contribution is 2.23. The average Bonchev–Trinajstić information content (AvgIpc) is 2.93. The maximum atomic E-state index is 12.4. The Labute approximate surface area is 108 Å². The van der Waals surface area contributed by atoms with Gasteiger partial charge in [0.15, 0.2) is 0 Å². The fourth-order valence-corrected chi connectivity index (χ4v) is 1.88. The van der Waals surface area contributed by atoms with Crippen LogP contribution in [0.25, 0.3) is 17.2 Å². The summed E-state index contributed by atoms with van der Waals surface area (Å²) < 4.78 is 31.7. The van der Waals surface area contributed by atoms with Gasteiger partial charge in [0.1, 0.15) is 11.3 Å². The van der Waals surface area contributed by atoms with E-state index in [1.165, 1.54) is 6.20 Å². The van der Waals surface area contributed by atoms with Crippen molar-refractivity contribution in [3.63, 3.8) is 0 Å². The molecule has 3 heterocycles. The summed E-state index contributed by atoms with van der Waals surface area (Å²) in [5.41, 5.74) is 1.15. The van der Waals surface area contributed by atoms with Crippen LogP contribution in [0.4, 0.5) is 8.78 Å². The second-order valence-electron chi connectivity index (χ2n) is 3.48. The molecule has 0 aliphatic rings. The molecule has 0 fully saturated rings. The number of halogens is 3. The Morgan fingerprint density at radius 3 is 2.89 bits per heavy atom. The SMILES string of the molecule is FC(F)c1nc(-c2cnc3ccc(Br)cn23)no1. The van der Waals surface area contributed by atoms with Crippen molar-refractivity contribution in [2.75, 3.05) is 0 Å². The third-order valence-corrected chi connectivity index (χ3v) is 2.80. The van der Waals surface area contributed by atoms with E-state index in [9.17, 15) is 8.78 Å². The summed E-state index contributed by atoms with van der Waals surface area (Å²) in [6.07, 6.45) is 0.468. The van der Waals surface area contributed by atoms with Crippen LogP contribution >= 0.6 is 15.9 Å². The molecular weight excluding hydrogens is 310 g/mol. The number of alkyl halides is 2. The predicted molar refractivity (Wildman–Crippen MR) is 61.1 cm³/mol. The number of hydrogen-bond acceptors (Lipinski definition) is 4. The number of imidazole rings is 1. The van der Waals surface area contributed by atoms with Gasteiger partial charge in [0, 0.05) is 10.7 Å². The Bertz CT molecular complexity index is 709. The topological polar surface area (TPSA) is 56.2 Å². The van der Waals surface area contributed by atoms with Crippen molar-refractivity contribution in [3.8, 4) is 11.5 Å². The van der Waals surface area contributed by atoms with Crippen LogP contribution < -0.4 is 0 Å². The van der Waals surface area contributed by atoms with Crippen molar-refractivity contribution in [1.82, 2.24) is 19.5 Å². The third-order valence-electron chi connectivity index (χ3n) is 2.33. The van der Waals surface area contributed by atoms with Gasteiger partial charge in [0.25, 0.3) is 5.89 Å². The molecule has 0 aromatic carbocycles. The molecule has 0 atom stereocenters. The highest BCUT2D eigenvalue weighted by Gasteiger charge is 2.19. The number of hydrogen-bond donors (Lipinski definition) is 0. The van der Waals surface area contributed by atoms with Gasteiger partial charge in [-0.1, -0.05) is 5.16 Å². The first kappa shape index (κ1) is 11.3. The summed E-state index contributed by atoms with van der Waals surface area (Å²) >= 11 is 3.32. The van der Waals surface area contributed by atoms with E-state index in [0.29, 0.717) is 11.3 Å². The molecule has 0 aliphatic carbocycles. The number of nitrogens with zero attached hydrogens (tertiary/aromatic N) is 4. The molecule has 0 spiro atoms. The minimum atomic E-state index is -2.78. The molecule has 0 aliphatic heterocycles. The third kappa shape index (κ3) is 1.78. The maximum absolute atomic E-state index is 12.4. The number of rotatable bonds is 2. The lowest BCUT2D eigenvalue weighted by Gasteiger charge is -1.97. The molecule has 92 valence electrons. The van der Waals surface area contributed by atoms with E-state index in [1.807, 2.05) is 6.07 Å². The first-order chi connectivity index (χ1) is 8.65. The van der Waals surface area contributed by atoms with E-state index in [0.717, 1.165) is 4.47 Å². The van der Waals surface area contributed by atoms with Crippen molar-refractivity contribution in [2.45, 2.75) is 6.43 Å². The Morgan fingerprint density at radius 2 is 2.17 bits per heavy atom. The molecule has 0 N–H and O–H groups in total. The highest BCUT2D eigenvalue weighted by molar-refractivity contribution is 9.10. The van der Waals surface area contributed by atoms with Crippen LogP contribution in [-0.2, 0) is 0 Å². The van der Waals surface area contributed by atoms with Crippen molar-refractivity contribution < 1.29 is 13.3 Å². The normalized spacial score (nSPS) is 11.6. The van der Waals surface area contributed by atoms with Gasteiger partial charge in [0.05, 0.1) is 6.20 Å². The van der Waals surface area contributed by atoms with Gasteiger partial charge < -0.3 is 4.52 Å². The fraction of sp³-hybridized carbons (Fsp3) is 0.100. The lowest BCUT2D eigenvalue weighted by Crippen LogP contribution is -1.90. The van der Waals surface area contributed by atoms with E-state index >= 15 is 0 Å². The lowest BCUT2D eigenvalue weighted by atomic mass is 10.4. The molecule has 0 bridgehead atoms. The Morgan fingerprint density at radius 1 is 1.33 bits per heavy atom. The van der Waals surface area contributed by atoms with Gasteiger partial charge in [0.2, 0.25) is 5.82 Å². The largest absolute Gasteiger partial charge is 0.333 e. The van der Waals surface area contributed by atoms with Crippen LogP contribution in [0, 0.1) is 0 Å². The van der Waals surface area contributed by atoms with E-state index in [2.05, 4.69) is 35.6 Å². The Balaban J connectivity index is 2.15. The molecule has 0 unspecified atom stereocenters. The van der Waals surface area contributed by atoms with E-state index < -0.39 is 12.3 Å². The van der Waals surface area contributed by atoms with Gasteiger partial charge >= 0.3 is 6.43 Å². The predicted octanol–water partition coefficient (Wildman–Crippen LogP) is 3.08. The molecule has 0 saturated carbocycles. The van der Waals surface area contributed by atoms with Crippen molar-refractivity contribution in [1.29, 1.82) is 0 Å². The smallest absolute Gasteiger partial charge is 0.315 e. The molecule has 3 aromatic rings. The standard InChI is InChI=1S/C10H5BrF2N4O/c11-5-1-2-7-14-3-6(17(7)4-5)9-15-10(8(12)13)18-16-9/h1-4,8H. The molecule has 18 heavy (non-hydrogen) atoms. The second kappa shape index (κ2) is 4.13. The van der Waals surface area contributed by atoms with Crippen molar-refractivity contribution >= 4 is 21.6 Å². The number of pyridine rings is 1. The summed E-state index contributed by atoms with van der Waals surface area (Å²) in [6, 6.07) is 3.61. The molecular formula is C10H5BrF2N4O. The molecule has 5 nitrogen and oxygen atoms in total. The second-order valence-corrected chi connectivity index (χ2v) is 4.39. The zero-order chi connectivity index (χ0) is 12.7. The van der Waals surface area contributed by atoms with Gasteiger partial charge in [-0.3, -0.25) is 4.40 Å². The van der Waals surface area contributed by atoms with Crippen LogP contribution in [0.1, 0.15) is 12.3 Å². The Hall–Kier alpha value is -1.83. The van der Waals surface area contributed by atoms with Crippen LogP contribution in [0.5, 0.6) is 0 Å². The first-order valence-corrected chi connectivity index (χ1v) is 5.69. The molecule has 0 radical (unpaired) electrons. The summed E-state index contributed by atoms with van der Waals surface area (Å²) in [5.74, 6) is -0.620. The van der Waals surface area contributed by atoms with Crippen LogP contribution in [0.3, 0.4) is 0 Å². The van der Waals surface area contributed by atoms with Crippen LogP contribution in [0.15, 0.2) is 33.5 Å². The monoisotopic (exact) mass is 314 g/mol. The lowest BCUT2D eigenvalue weighted by molar-refractivity contribution is 0.106. The van der Waals surface area contributed by atoms with Gasteiger partial charge in [-0.2, -0.15) is 13.8 Å². The Kier molecular flexibility index (Phi) is 2.58. The van der Waals surface area contributed by atoms with E-state index in [1.54, 1.807) is 16.7 Å². The summed E-state index contributed by atoms with van der Waals surface area (Å²) in [7, 11) is 0. The van der Waals surface area contributed by atoms with Crippen LogP contribution in [-0.4, -0.2) is 19.5 Å². The molecule has 3 aromatic heterocycles. The first-order valence-electron chi connectivity index (χ1n) is 4.90. The minimum Gasteiger partial charge on any atom is -0.333 e. The van der Waals surface area contributed by atoms with E-state index in [4.69, 9.17) is 0 Å². The molecule has 0 saturated heterocycles. The van der Waals surface area contributed by atoms with Gasteiger partial charge in [-0.25, -0.2) is 4.98 Å². The summed E-state index contributed by atoms with van der Waals surface area (Å²) in [6.45, 7) is 0. The minimum absolute atomic E-state index is 0.0795. The van der Waals surface area contributed by atoms with Crippen LogP contribution in [0.2, 0.25) is 0 Å².